The van der Waals surface area contributed by atoms with E-state index in [1.165, 1.54) is 6.42 Å². The Hall–Kier alpha value is -1.85. The zero-order valence-corrected chi connectivity index (χ0v) is 13.8. The number of likely N-dealkylation sites (tertiary alicyclic amines) is 1. The molecule has 1 saturated heterocycles. The van der Waals surface area contributed by atoms with Crippen LogP contribution in [0.4, 0.5) is 0 Å². The number of piperidine rings is 1. The fourth-order valence-electron chi connectivity index (χ4n) is 2.80. The molecule has 1 fully saturated rings. The Labute approximate surface area is 131 Å². The molecule has 122 valence electrons. The van der Waals surface area contributed by atoms with Gasteiger partial charge in [0.25, 0.3) is 0 Å². The predicted octanol–water partition coefficient (Wildman–Crippen LogP) is 1.18. The van der Waals surface area contributed by atoms with Gasteiger partial charge in [-0.2, -0.15) is 5.10 Å². The third-order valence-corrected chi connectivity index (χ3v) is 4.37. The highest BCUT2D eigenvalue weighted by molar-refractivity contribution is 5.87. The number of rotatable bonds is 5. The summed E-state index contributed by atoms with van der Waals surface area (Å²) in [5.41, 5.74) is 2.15. The van der Waals surface area contributed by atoms with Gasteiger partial charge in [0.05, 0.1) is 6.20 Å². The molecule has 1 aromatic rings. The number of carbonyl (C=O) groups excluding carboxylic acids is 2. The fraction of sp³-hybridized carbons (Fsp3) is 0.688. The number of aromatic nitrogens is 2. The molecule has 0 aliphatic carbocycles. The van der Waals surface area contributed by atoms with E-state index in [9.17, 15) is 9.59 Å². The van der Waals surface area contributed by atoms with Crippen LogP contribution in [0.1, 0.15) is 43.9 Å². The van der Waals surface area contributed by atoms with Gasteiger partial charge in [0.1, 0.15) is 6.04 Å². The van der Waals surface area contributed by atoms with Crippen molar-refractivity contribution in [1.29, 1.82) is 0 Å². The largest absolute Gasteiger partial charge is 0.345 e. The van der Waals surface area contributed by atoms with Crippen molar-refractivity contribution in [2.45, 2.75) is 52.0 Å². The highest BCUT2D eigenvalue weighted by Gasteiger charge is 2.23. The van der Waals surface area contributed by atoms with E-state index in [0.29, 0.717) is 12.8 Å². The first kappa shape index (κ1) is 16.5. The third kappa shape index (κ3) is 4.08. The van der Waals surface area contributed by atoms with Gasteiger partial charge < -0.3 is 10.2 Å². The molecule has 1 aliphatic rings. The molecule has 0 saturated carbocycles. The van der Waals surface area contributed by atoms with E-state index < -0.39 is 6.04 Å². The van der Waals surface area contributed by atoms with Crippen LogP contribution in [0.3, 0.4) is 0 Å². The second kappa shape index (κ2) is 7.42. The van der Waals surface area contributed by atoms with Gasteiger partial charge in [-0.3, -0.25) is 14.3 Å². The second-order valence-electron chi connectivity index (χ2n) is 6.05. The van der Waals surface area contributed by atoms with Crippen molar-refractivity contribution < 1.29 is 9.59 Å². The Morgan fingerprint density at radius 2 is 2.00 bits per heavy atom. The summed E-state index contributed by atoms with van der Waals surface area (Å²) >= 11 is 0. The lowest BCUT2D eigenvalue weighted by molar-refractivity contribution is -0.136. The van der Waals surface area contributed by atoms with Crippen molar-refractivity contribution >= 4 is 11.8 Å². The van der Waals surface area contributed by atoms with Crippen molar-refractivity contribution in [3.8, 4) is 0 Å². The average molecular weight is 306 g/mol. The minimum atomic E-state index is -0.444. The lowest BCUT2D eigenvalue weighted by Crippen LogP contribution is -2.48. The molecule has 1 atom stereocenters. The molecule has 1 aliphatic heterocycles. The van der Waals surface area contributed by atoms with Crippen LogP contribution in [0, 0.1) is 6.92 Å². The number of carbonyl (C=O) groups is 2. The zero-order valence-electron chi connectivity index (χ0n) is 13.8. The Morgan fingerprint density at radius 3 is 2.59 bits per heavy atom. The second-order valence-corrected chi connectivity index (χ2v) is 6.05. The highest BCUT2D eigenvalue weighted by Crippen LogP contribution is 2.11. The maximum Gasteiger partial charge on any atom is 0.244 e. The van der Waals surface area contributed by atoms with Crippen LogP contribution < -0.4 is 5.32 Å². The molecule has 0 radical (unpaired) electrons. The minimum absolute atomic E-state index is 0.0330. The maximum atomic E-state index is 12.3. The highest BCUT2D eigenvalue weighted by atomic mass is 16.2. The van der Waals surface area contributed by atoms with Crippen LogP contribution in [-0.4, -0.2) is 45.6 Å². The molecule has 0 spiro atoms. The predicted molar refractivity (Wildman–Crippen MR) is 84.3 cm³/mol. The Bertz CT molecular complexity index is 532. The van der Waals surface area contributed by atoms with E-state index >= 15 is 0 Å². The van der Waals surface area contributed by atoms with Gasteiger partial charge in [-0.05, 0) is 45.1 Å². The Balaban J connectivity index is 1.78. The Morgan fingerprint density at radius 1 is 1.32 bits per heavy atom. The number of nitrogens with zero attached hydrogens (tertiary/aromatic N) is 3. The molecule has 1 N–H and O–H groups in total. The molecule has 6 nitrogen and oxygen atoms in total. The van der Waals surface area contributed by atoms with Crippen molar-refractivity contribution in [3.63, 3.8) is 0 Å². The number of hydrogen-bond acceptors (Lipinski definition) is 3. The van der Waals surface area contributed by atoms with E-state index in [4.69, 9.17) is 0 Å². The molecule has 22 heavy (non-hydrogen) atoms. The molecule has 6 heteroatoms. The zero-order chi connectivity index (χ0) is 16.1. The molecule has 2 rings (SSSR count). The maximum absolute atomic E-state index is 12.3. The summed E-state index contributed by atoms with van der Waals surface area (Å²) in [6.45, 7) is 5.38. The summed E-state index contributed by atoms with van der Waals surface area (Å²) in [4.78, 5) is 26.1. The molecule has 0 aromatic carbocycles. The van der Waals surface area contributed by atoms with Crippen molar-refractivity contribution in [2.75, 3.05) is 13.1 Å². The molecule has 1 unspecified atom stereocenters. The van der Waals surface area contributed by atoms with Crippen LogP contribution in [0.2, 0.25) is 0 Å². The first-order valence-corrected chi connectivity index (χ1v) is 8.04. The van der Waals surface area contributed by atoms with E-state index in [2.05, 4.69) is 10.4 Å². The molecular weight excluding hydrogens is 280 g/mol. The number of hydrogen-bond donors (Lipinski definition) is 1. The third-order valence-electron chi connectivity index (χ3n) is 4.37. The van der Waals surface area contributed by atoms with Gasteiger partial charge in [0.15, 0.2) is 0 Å². The lowest BCUT2D eigenvalue weighted by atomic mass is 10.1. The van der Waals surface area contributed by atoms with Gasteiger partial charge in [0.2, 0.25) is 11.8 Å². The number of aryl methyl sites for hydroxylation is 2. The van der Waals surface area contributed by atoms with E-state index in [1.807, 2.05) is 18.9 Å². The lowest BCUT2D eigenvalue weighted by Gasteiger charge is -2.29. The normalized spacial score (nSPS) is 16.4. The standard InChI is InChI=1S/C16H26N4O2/c1-12(16(22)20-9-5-4-6-10-20)18-15(21)8-7-14-11-17-19(3)13(14)2/h11-12H,4-10H2,1-3H3,(H,18,21). The van der Waals surface area contributed by atoms with Crippen LogP contribution >= 0.6 is 0 Å². The van der Waals surface area contributed by atoms with E-state index in [1.54, 1.807) is 17.8 Å². The Kier molecular flexibility index (Phi) is 5.57. The van der Waals surface area contributed by atoms with Gasteiger partial charge in [-0.1, -0.05) is 0 Å². The fourth-order valence-corrected chi connectivity index (χ4v) is 2.80. The smallest absolute Gasteiger partial charge is 0.244 e. The monoisotopic (exact) mass is 306 g/mol. The molecule has 0 bridgehead atoms. The number of amides is 2. The van der Waals surface area contributed by atoms with Crippen LogP contribution in [0.15, 0.2) is 6.20 Å². The summed E-state index contributed by atoms with van der Waals surface area (Å²) in [5, 5.41) is 6.98. The molecule has 1 aromatic heterocycles. The van der Waals surface area contributed by atoms with Crippen LogP contribution in [0.5, 0.6) is 0 Å². The van der Waals surface area contributed by atoms with E-state index in [-0.39, 0.29) is 11.8 Å². The SMILES string of the molecule is Cc1c(CCC(=O)NC(C)C(=O)N2CCCCC2)cnn1C. The first-order chi connectivity index (χ1) is 10.5. The average Bonchev–Trinajstić information content (AvgIpc) is 2.84. The minimum Gasteiger partial charge on any atom is -0.345 e. The van der Waals surface area contributed by atoms with Gasteiger partial charge in [0, 0.05) is 32.3 Å². The summed E-state index contributed by atoms with van der Waals surface area (Å²) in [6, 6.07) is -0.444. The molecule has 2 heterocycles. The van der Waals surface area contributed by atoms with Gasteiger partial charge >= 0.3 is 0 Å². The van der Waals surface area contributed by atoms with Crippen molar-refractivity contribution in [2.24, 2.45) is 7.05 Å². The van der Waals surface area contributed by atoms with Gasteiger partial charge in [-0.15, -0.1) is 0 Å². The van der Waals surface area contributed by atoms with Crippen molar-refractivity contribution in [1.82, 2.24) is 20.0 Å². The quantitative estimate of drug-likeness (QED) is 0.888. The summed E-state index contributed by atoms with van der Waals surface area (Å²) in [7, 11) is 1.89. The molecule has 2 amide bonds. The van der Waals surface area contributed by atoms with E-state index in [0.717, 1.165) is 37.2 Å². The molecular formula is C16H26N4O2. The summed E-state index contributed by atoms with van der Waals surface area (Å²) in [6.07, 6.45) is 6.14. The van der Waals surface area contributed by atoms with Gasteiger partial charge in [-0.25, -0.2) is 0 Å². The summed E-state index contributed by atoms with van der Waals surface area (Å²) in [5.74, 6) is -0.0493. The number of nitrogens with one attached hydrogen (secondary N) is 1. The topological polar surface area (TPSA) is 67.2 Å². The van der Waals surface area contributed by atoms with Crippen molar-refractivity contribution in [3.05, 3.63) is 17.5 Å². The first-order valence-electron chi connectivity index (χ1n) is 8.04. The van der Waals surface area contributed by atoms with Crippen LogP contribution in [0.25, 0.3) is 0 Å². The van der Waals surface area contributed by atoms with Crippen LogP contribution in [-0.2, 0) is 23.1 Å². The summed E-state index contributed by atoms with van der Waals surface area (Å²) < 4.78 is 1.80.